The summed E-state index contributed by atoms with van der Waals surface area (Å²) in [5, 5.41) is 8.88. The molecule has 0 aliphatic rings. The van der Waals surface area contributed by atoms with Crippen molar-refractivity contribution in [1.82, 2.24) is 0 Å². The molecule has 2 nitrogen and oxygen atoms in total. The number of aldehydes is 1. The Bertz CT molecular complexity index is 843. The summed E-state index contributed by atoms with van der Waals surface area (Å²) in [6.07, 6.45) is 0.861. The Balaban J connectivity index is 2.11. The molecular weight excluding hydrogens is 270 g/mol. The van der Waals surface area contributed by atoms with Crippen LogP contribution in [0.5, 0.6) is 0 Å². The normalized spacial score (nSPS) is 9.95. The minimum absolute atomic E-state index is 0.624. The summed E-state index contributed by atoms with van der Waals surface area (Å²) < 4.78 is 0. The highest BCUT2D eigenvalue weighted by Crippen LogP contribution is 2.28. The van der Waals surface area contributed by atoms with Crippen molar-refractivity contribution in [3.63, 3.8) is 0 Å². The molecule has 0 spiro atoms. The van der Waals surface area contributed by atoms with Crippen LogP contribution in [0.25, 0.3) is 22.3 Å². The third-order valence-electron chi connectivity index (χ3n) is 3.55. The van der Waals surface area contributed by atoms with E-state index < -0.39 is 0 Å². The van der Waals surface area contributed by atoms with Crippen molar-refractivity contribution >= 4 is 6.29 Å². The van der Waals surface area contributed by atoms with Gasteiger partial charge < -0.3 is 0 Å². The van der Waals surface area contributed by atoms with Gasteiger partial charge in [0.05, 0.1) is 11.6 Å². The maximum Gasteiger partial charge on any atom is 0.150 e. The highest BCUT2D eigenvalue weighted by molar-refractivity contribution is 5.84. The smallest absolute Gasteiger partial charge is 0.150 e. The molecule has 0 N–H and O–H groups in total. The molecule has 0 aromatic heterocycles. The van der Waals surface area contributed by atoms with Crippen molar-refractivity contribution in [2.24, 2.45) is 0 Å². The van der Waals surface area contributed by atoms with Gasteiger partial charge in [-0.2, -0.15) is 5.26 Å². The average Bonchev–Trinajstić information content (AvgIpc) is 2.62. The highest BCUT2D eigenvalue weighted by Gasteiger charge is 2.05. The first-order chi connectivity index (χ1) is 10.8. The molecular formula is C20H13NO. The van der Waals surface area contributed by atoms with Crippen LogP contribution < -0.4 is 0 Å². The molecule has 0 heterocycles. The highest BCUT2D eigenvalue weighted by atomic mass is 16.1. The van der Waals surface area contributed by atoms with Gasteiger partial charge in [0, 0.05) is 5.56 Å². The number of carbonyl (C=O) groups is 1. The number of benzene rings is 3. The standard InChI is InChI=1S/C20H13NO/c21-13-15-6-8-18(9-7-15)20-11-16(14-22)10-19(12-20)17-4-2-1-3-5-17/h1-12,14H. The number of hydrogen-bond donors (Lipinski definition) is 0. The van der Waals surface area contributed by atoms with E-state index in [0.717, 1.165) is 28.5 Å². The lowest BCUT2D eigenvalue weighted by atomic mass is 9.96. The van der Waals surface area contributed by atoms with Crippen LogP contribution in [0.2, 0.25) is 0 Å². The van der Waals surface area contributed by atoms with E-state index in [1.807, 2.05) is 54.6 Å². The Labute approximate surface area is 129 Å². The van der Waals surface area contributed by atoms with Gasteiger partial charge in [0.1, 0.15) is 6.29 Å². The Morgan fingerprint density at radius 3 is 1.86 bits per heavy atom. The molecule has 22 heavy (non-hydrogen) atoms. The zero-order valence-electron chi connectivity index (χ0n) is 11.9. The predicted molar refractivity (Wildman–Crippen MR) is 87.4 cm³/mol. The first kappa shape index (κ1) is 13.8. The second-order valence-electron chi connectivity index (χ2n) is 5.02. The number of rotatable bonds is 3. The summed E-state index contributed by atoms with van der Waals surface area (Å²) in [7, 11) is 0. The van der Waals surface area contributed by atoms with E-state index in [4.69, 9.17) is 5.26 Å². The van der Waals surface area contributed by atoms with E-state index in [1.54, 1.807) is 12.1 Å². The van der Waals surface area contributed by atoms with E-state index >= 15 is 0 Å². The van der Waals surface area contributed by atoms with Gasteiger partial charge in [-0.25, -0.2) is 0 Å². The van der Waals surface area contributed by atoms with Gasteiger partial charge in [-0.05, 0) is 52.6 Å². The number of nitrogens with zero attached hydrogens (tertiary/aromatic N) is 1. The lowest BCUT2D eigenvalue weighted by Crippen LogP contribution is -1.87. The van der Waals surface area contributed by atoms with Crippen molar-refractivity contribution in [3.8, 4) is 28.3 Å². The summed E-state index contributed by atoms with van der Waals surface area (Å²) in [4.78, 5) is 11.2. The number of carbonyl (C=O) groups excluding carboxylic acids is 1. The van der Waals surface area contributed by atoms with Crippen LogP contribution in [0.4, 0.5) is 0 Å². The molecule has 0 unspecified atom stereocenters. The fourth-order valence-corrected chi connectivity index (χ4v) is 2.42. The van der Waals surface area contributed by atoms with Gasteiger partial charge in [0.2, 0.25) is 0 Å². The molecule has 3 rings (SSSR count). The molecule has 0 atom stereocenters. The Morgan fingerprint density at radius 2 is 1.32 bits per heavy atom. The SMILES string of the molecule is N#Cc1ccc(-c2cc(C=O)cc(-c3ccccc3)c2)cc1. The van der Waals surface area contributed by atoms with Crippen LogP contribution in [-0.2, 0) is 0 Å². The fraction of sp³-hybridized carbons (Fsp3) is 0. The largest absolute Gasteiger partial charge is 0.298 e. The van der Waals surface area contributed by atoms with Crippen LogP contribution in [-0.4, -0.2) is 6.29 Å². The molecule has 3 aromatic rings. The maximum atomic E-state index is 11.2. The Morgan fingerprint density at radius 1 is 0.727 bits per heavy atom. The quantitative estimate of drug-likeness (QED) is 0.653. The van der Waals surface area contributed by atoms with Crippen LogP contribution in [0, 0.1) is 11.3 Å². The van der Waals surface area contributed by atoms with Gasteiger partial charge in [-0.15, -0.1) is 0 Å². The predicted octanol–water partition coefficient (Wildman–Crippen LogP) is 4.70. The maximum absolute atomic E-state index is 11.2. The molecule has 0 saturated carbocycles. The fourth-order valence-electron chi connectivity index (χ4n) is 2.42. The van der Waals surface area contributed by atoms with Crippen LogP contribution in [0.3, 0.4) is 0 Å². The monoisotopic (exact) mass is 283 g/mol. The van der Waals surface area contributed by atoms with Gasteiger partial charge in [0.15, 0.2) is 0 Å². The van der Waals surface area contributed by atoms with Gasteiger partial charge in [-0.3, -0.25) is 4.79 Å². The molecule has 104 valence electrons. The van der Waals surface area contributed by atoms with Crippen molar-refractivity contribution in [2.75, 3.05) is 0 Å². The minimum atomic E-state index is 0.624. The second kappa shape index (κ2) is 6.07. The van der Waals surface area contributed by atoms with Crippen molar-refractivity contribution in [3.05, 3.63) is 83.9 Å². The summed E-state index contributed by atoms with van der Waals surface area (Å²) in [6, 6.07) is 25.2. The third-order valence-corrected chi connectivity index (χ3v) is 3.55. The molecule has 3 aromatic carbocycles. The van der Waals surface area contributed by atoms with E-state index in [1.165, 1.54) is 0 Å². The molecule has 0 aliphatic carbocycles. The number of hydrogen-bond acceptors (Lipinski definition) is 2. The molecule has 0 aliphatic heterocycles. The van der Waals surface area contributed by atoms with Crippen LogP contribution in [0.15, 0.2) is 72.8 Å². The topological polar surface area (TPSA) is 40.9 Å². The van der Waals surface area contributed by atoms with E-state index in [0.29, 0.717) is 11.1 Å². The minimum Gasteiger partial charge on any atom is -0.298 e. The molecule has 2 heteroatoms. The molecule has 0 radical (unpaired) electrons. The van der Waals surface area contributed by atoms with E-state index in [-0.39, 0.29) is 0 Å². The zero-order valence-corrected chi connectivity index (χ0v) is 11.9. The number of nitriles is 1. The van der Waals surface area contributed by atoms with Crippen LogP contribution in [0.1, 0.15) is 15.9 Å². The zero-order chi connectivity index (χ0) is 15.4. The molecule has 0 fully saturated rings. The molecule has 0 amide bonds. The first-order valence-corrected chi connectivity index (χ1v) is 6.96. The molecule has 0 saturated heterocycles. The van der Waals surface area contributed by atoms with E-state index in [9.17, 15) is 4.79 Å². The Hall–Kier alpha value is -3.18. The van der Waals surface area contributed by atoms with Crippen molar-refractivity contribution in [1.29, 1.82) is 5.26 Å². The lowest BCUT2D eigenvalue weighted by Gasteiger charge is -2.08. The molecule has 0 bridgehead atoms. The lowest BCUT2D eigenvalue weighted by molar-refractivity contribution is 0.112. The van der Waals surface area contributed by atoms with Crippen molar-refractivity contribution < 1.29 is 4.79 Å². The summed E-state index contributed by atoms with van der Waals surface area (Å²) in [5.74, 6) is 0. The average molecular weight is 283 g/mol. The summed E-state index contributed by atoms with van der Waals surface area (Å²) in [5.41, 5.74) is 5.29. The second-order valence-corrected chi connectivity index (χ2v) is 5.02. The van der Waals surface area contributed by atoms with Gasteiger partial charge >= 0.3 is 0 Å². The van der Waals surface area contributed by atoms with Crippen LogP contribution >= 0.6 is 0 Å². The summed E-state index contributed by atoms with van der Waals surface area (Å²) >= 11 is 0. The van der Waals surface area contributed by atoms with Gasteiger partial charge in [0.25, 0.3) is 0 Å². The third kappa shape index (κ3) is 2.79. The Kier molecular flexibility index (Phi) is 3.80. The van der Waals surface area contributed by atoms with Gasteiger partial charge in [-0.1, -0.05) is 42.5 Å². The van der Waals surface area contributed by atoms with E-state index in [2.05, 4.69) is 12.1 Å². The van der Waals surface area contributed by atoms with Crippen molar-refractivity contribution in [2.45, 2.75) is 0 Å². The first-order valence-electron chi connectivity index (χ1n) is 6.96. The summed E-state index contributed by atoms with van der Waals surface area (Å²) in [6.45, 7) is 0.